The Bertz CT molecular complexity index is 495. The molecule has 0 bridgehead atoms. The first-order valence-electron chi connectivity index (χ1n) is 9.22. The van der Waals surface area contributed by atoms with Crippen LogP contribution in [0.5, 0.6) is 0 Å². The Morgan fingerprint density at radius 2 is 1.84 bits per heavy atom. The molecule has 0 aromatic heterocycles. The molecule has 0 saturated carbocycles. The zero-order valence-electron chi connectivity index (χ0n) is 15.0. The average Bonchev–Trinajstić information content (AvgIpc) is 2.63. The SMILES string of the molecule is NCCCC[C@H](N)C(=O)CCCCCCC(=O)OCC1=CC=C[C+]=C1. The lowest BCUT2D eigenvalue weighted by Crippen LogP contribution is -2.30. The van der Waals surface area contributed by atoms with E-state index < -0.39 is 0 Å². The van der Waals surface area contributed by atoms with Gasteiger partial charge in [-0.2, -0.15) is 0 Å². The van der Waals surface area contributed by atoms with Crippen LogP contribution in [0, 0.1) is 6.08 Å². The lowest BCUT2D eigenvalue weighted by atomic mass is 10.0. The van der Waals surface area contributed by atoms with Gasteiger partial charge in [0.1, 0.15) is 17.9 Å². The van der Waals surface area contributed by atoms with Gasteiger partial charge >= 0.3 is 5.97 Å². The molecule has 1 atom stereocenters. The van der Waals surface area contributed by atoms with Gasteiger partial charge in [-0.3, -0.25) is 9.59 Å². The maximum absolute atomic E-state index is 11.9. The Balaban J connectivity index is 1.97. The fraction of sp³-hybridized carbons (Fsp3) is 0.600. The Kier molecular flexibility index (Phi) is 11.4. The van der Waals surface area contributed by atoms with E-state index in [0.717, 1.165) is 50.5 Å². The zero-order chi connectivity index (χ0) is 18.3. The topological polar surface area (TPSA) is 95.4 Å². The van der Waals surface area contributed by atoms with E-state index in [4.69, 9.17) is 16.2 Å². The molecule has 0 aliphatic heterocycles. The number of allylic oxidation sites excluding steroid dienone is 4. The molecule has 0 aromatic rings. The summed E-state index contributed by atoms with van der Waals surface area (Å²) in [5.41, 5.74) is 12.2. The molecular formula is C20H31N2O3+. The minimum absolute atomic E-state index is 0.135. The van der Waals surface area contributed by atoms with Crippen LogP contribution in [0.3, 0.4) is 0 Å². The number of carbonyl (C=O) groups excluding carboxylic acids is 2. The molecule has 4 N–H and O–H groups in total. The summed E-state index contributed by atoms with van der Waals surface area (Å²) in [7, 11) is 0. The van der Waals surface area contributed by atoms with E-state index >= 15 is 0 Å². The molecule has 5 heteroatoms. The van der Waals surface area contributed by atoms with Crippen LogP contribution >= 0.6 is 0 Å². The maximum atomic E-state index is 11.9. The monoisotopic (exact) mass is 347 g/mol. The molecule has 0 amide bonds. The van der Waals surface area contributed by atoms with Crippen LogP contribution in [0.25, 0.3) is 0 Å². The molecule has 0 spiro atoms. The minimum atomic E-state index is -0.350. The van der Waals surface area contributed by atoms with Crippen LogP contribution in [0.2, 0.25) is 0 Å². The molecule has 138 valence electrons. The zero-order valence-corrected chi connectivity index (χ0v) is 15.0. The molecule has 1 aliphatic rings. The molecule has 0 heterocycles. The largest absolute Gasteiger partial charge is 0.447 e. The molecular weight excluding hydrogens is 316 g/mol. The summed E-state index contributed by atoms with van der Waals surface area (Å²) >= 11 is 0. The normalized spacial score (nSPS) is 13.9. The number of hydrogen-bond donors (Lipinski definition) is 2. The predicted molar refractivity (Wildman–Crippen MR) is 99.6 cm³/mol. The first kappa shape index (κ1) is 21.2. The van der Waals surface area contributed by atoms with Gasteiger partial charge in [-0.1, -0.05) is 19.3 Å². The van der Waals surface area contributed by atoms with Crippen LogP contribution in [0.15, 0.2) is 29.9 Å². The van der Waals surface area contributed by atoms with E-state index in [1.807, 2.05) is 24.3 Å². The molecule has 0 saturated heterocycles. The summed E-state index contributed by atoms with van der Waals surface area (Å²) in [4.78, 5) is 23.5. The maximum Gasteiger partial charge on any atom is 0.307 e. The first-order valence-corrected chi connectivity index (χ1v) is 9.22. The lowest BCUT2D eigenvalue weighted by molar-refractivity contribution is -0.142. The van der Waals surface area contributed by atoms with Crippen molar-refractivity contribution in [2.75, 3.05) is 13.2 Å². The van der Waals surface area contributed by atoms with Crippen molar-refractivity contribution in [1.82, 2.24) is 0 Å². The summed E-state index contributed by atoms with van der Waals surface area (Å²) in [5, 5.41) is 0. The standard InChI is InChI=1S/C20H31N2O3/c21-15-9-8-12-18(22)19(23)13-6-1-2-7-14-20(24)25-16-17-10-4-3-5-11-17/h3-4,10-11,18H,1-2,6-9,12-16,21-22H2/q+1/t18-/m0/s1. The quantitative estimate of drug-likeness (QED) is 0.286. The number of rotatable bonds is 14. The van der Waals surface area contributed by atoms with E-state index in [1.54, 1.807) is 0 Å². The molecule has 5 nitrogen and oxygen atoms in total. The molecule has 0 fully saturated rings. The summed E-state index contributed by atoms with van der Waals surface area (Å²) in [6, 6.07) is -0.350. The van der Waals surface area contributed by atoms with Gasteiger partial charge in [0.2, 0.25) is 0 Å². The Labute approximate surface area is 151 Å². The number of nitrogens with two attached hydrogens (primary N) is 2. The second-order valence-corrected chi connectivity index (χ2v) is 6.34. The Morgan fingerprint density at radius 1 is 1.08 bits per heavy atom. The van der Waals surface area contributed by atoms with Gasteiger partial charge in [-0.15, -0.1) is 0 Å². The molecule has 25 heavy (non-hydrogen) atoms. The van der Waals surface area contributed by atoms with Crippen molar-refractivity contribution in [3.05, 3.63) is 36.0 Å². The number of carbonyl (C=O) groups is 2. The van der Waals surface area contributed by atoms with Gasteiger partial charge in [0, 0.05) is 25.0 Å². The van der Waals surface area contributed by atoms with E-state index in [-0.39, 0.29) is 17.8 Å². The number of ketones is 1. The molecule has 0 aromatic carbocycles. The van der Waals surface area contributed by atoms with Crippen molar-refractivity contribution in [2.45, 2.75) is 63.8 Å². The van der Waals surface area contributed by atoms with Gasteiger partial charge in [0.05, 0.1) is 17.7 Å². The van der Waals surface area contributed by atoms with Gasteiger partial charge in [0.15, 0.2) is 6.61 Å². The second kappa shape index (κ2) is 13.5. The smallest absolute Gasteiger partial charge is 0.307 e. The van der Waals surface area contributed by atoms with Gasteiger partial charge in [-0.05, 0) is 32.2 Å². The lowest BCUT2D eigenvalue weighted by Gasteiger charge is -2.10. The van der Waals surface area contributed by atoms with Gasteiger partial charge < -0.3 is 16.2 Å². The number of Topliss-reactive ketones (excluding diaryl/α,β-unsaturated/α-hetero) is 1. The van der Waals surface area contributed by atoms with E-state index in [1.165, 1.54) is 0 Å². The van der Waals surface area contributed by atoms with Crippen molar-refractivity contribution in [3.63, 3.8) is 0 Å². The molecule has 0 unspecified atom stereocenters. The van der Waals surface area contributed by atoms with Crippen LogP contribution < -0.4 is 11.5 Å². The van der Waals surface area contributed by atoms with Crippen molar-refractivity contribution in [3.8, 4) is 0 Å². The summed E-state index contributed by atoms with van der Waals surface area (Å²) < 4.78 is 5.21. The summed E-state index contributed by atoms with van der Waals surface area (Å²) in [5.74, 6) is -0.0436. The highest BCUT2D eigenvalue weighted by atomic mass is 16.5. The average molecular weight is 347 g/mol. The van der Waals surface area contributed by atoms with Crippen LogP contribution in [0.1, 0.15) is 57.8 Å². The molecule has 0 radical (unpaired) electrons. The number of esters is 1. The Hall–Kier alpha value is -1.81. The first-order chi connectivity index (χ1) is 12.1. The van der Waals surface area contributed by atoms with E-state index in [2.05, 4.69) is 6.08 Å². The van der Waals surface area contributed by atoms with Crippen molar-refractivity contribution >= 4 is 11.8 Å². The third-order valence-corrected chi connectivity index (χ3v) is 4.11. The van der Waals surface area contributed by atoms with Crippen molar-refractivity contribution in [1.29, 1.82) is 0 Å². The minimum Gasteiger partial charge on any atom is -0.447 e. The van der Waals surface area contributed by atoms with Crippen molar-refractivity contribution < 1.29 is 14.3 Å². The van der Waals surface area contributed by atoms with Crippen LogP contribution in [-0.2, 0) is 14.3 Å². The van der Waals surface area contributed by atoms with E-state index in [0.29, 0.717) is 26.0 Å². The number of ether oxygens (including phenoxy) is 1. The highest BCUT2D eigenvalue weighted by molar-refractivity contribution is 5.83. The summed E-state index contributed by atoms with van der Waals surface area (Å²) in [6.45, 7) is 0.944. The second-order valence-electron chi connectivity index (χ2n) is 6.34. The fourth-order valence-corrected chi connectivity index (χ4v) is 2.53. The van der Waals surface area contributed by atoms with E-state index in [9.17, 15) is 9.59 Å². The van der Waals surface area contributed by atoms with Gasteiger partial charge in [-0.25, -0.2) is 0 Å². The highest BCUT2D eigenvalue weighted by Crippen LogP contribution is 2.10. The summed E-state index contributed by atoms with van der Waals surface area (Å²) in [6.07, 6.45) is 17.3. The Morgan fingerprint density at radius 3 is 2.52 bits per heavy atom. The highest BCUT2D eigenvalue weighted by Gasteiger charge is 2.12. The van der Waals surface area contributed by atoms with Crippen molar-refractivity contribution in [2.24, 2.45) is 11.5 Å². The van der Waals surface area contributed by atoms with Crippen LogP contribution in [-0.4, -0.2) is 30.9 Å². The number of hydrogen-bond acceptors (Lipinski definition) is 5. The predicted octanol–water partition coefficient (Wildman–Crippen LogP) is 2.75. The number of unbranched alkanes of at least 4 members (excludes halogenated alkanes) is 4. The third-order valence-electron chi connectivity index (χ3n) is 4.11. The van der Waals surface area contributed by atoms with Gasteiger partial charge in [0.25, 0.3) is 0 Å². The van der Waals surface area contributed by atoms with Crippen LogP contribution in [0.4, 0.5) is 0 Å². The fourth-order valence-electron chi connectivity index (χ4n) is 2.53. The molecule has 1 rings (SSSR count). The molecule has 1 aliphatic carbocycles. The third kappa shape index (κ3) is 10.6.